The van der Waals surface area contributed by atoms with E-state index >= 15 is 0 Å². The number of hydrogen-bond acceptors (Lipinski definition) is 4. The van der Waals surface area contributed by atoms with Crippen LogP contribution in [0.1, 0.15) is 24.8 Å². The number of methoxy groups -OCH3 is 1. The number of carbonyl (C=O) groups excluding carboxylic acids is 1. The number of ether oxygens (including phenoxy) is 1. The summed E-state index contributed by atoms with van der Waals surface area (Å²) in [6, 6.07) is 22.6. The van der Waals surface area contributed by atoms with Crippen molar-refractivity contribution < 1.29 is 17.9 Å². The van der Waals surface area contributed by atoms with E-state index in [9.17, 15) is 13.2 Å². The van der Waals surface area contributed by atoms with Gasteiger partial charge in [-0.15, -0.1) is 0 Å². The Labute approximate surface area is 195 Å². The van der Waals surface area contributed by atoms with Crippen molar-refractivity contribution in [3.05, 3.63) is 78.4 Å². The fourth-order valence-electron chi connectivity index (χ4n) is 4.04. The highest BCUT2D eigenvalue weighted by Gasteiger charge is 2.29. The molecule has 1 amide bonds. The van der Waals surface area contributed by atoms with Crippen LogP contribution in [0.5, 0.6) is 5.75 Å². The molecule has 0 atom stereocenters. The van der Waals surface area contributed by atoms with Gasteiger partial charge in [-0.2, -0.15) is 4.31 Å². The molecule has 1 heterocycles. The minimum absolute atomic E-state index is 0.0805. The van der Waals surface area contributed by atoms with Crippen molar-refractivity contribution in [2.75, 3.05) is 25.5 Å². The Hall–Kier alpha value is -3.16. The van der Waals surface area contributed by atoms with Crippen molar-refractivity contribution in [3.63, 3.8) is 0 Å². The van der Waals surface area contributed by atoms with E-state index in [1.165, 1.54) is 17.5 Å². The molecule has 1 fully saturated rings. The van der Waals surface area contributed by atoms with Crippen LogP contribution in [0, 0.1) is 0 Å². The third kappa shape index (κ3) is 5.43. The first-order valence-electron chi connectivity index (χ1n) is 11.1. The largest absolute Gasteiger partial charge is 0.495 e. The Kier molecular flexibility index (Phi) is 7.11. The van der Waals surface area contributed by atoms with Gasteiger partial charge in [0.05, 0.1) is 13.5 Å². The molecule has 3 aromatic carbocycles. The second kappa shape index (κ2) is 10.2. The highest BCUT2D eigenvalue weighted by molar-refractivity contribution is 7.89. The van der Waals surface area contributed by atoms with E-state index < -0.39 is 10.0 Å². The summed E-state index contributed by atoms with van der Waals surface area (Å²) in [4.78, 5) is 12.7. The molecule has 0 aromatic heterocycles. The summed E-state index contributed by atoms with van der Waals surface area (Å²) in [5, 5.41) is 2.83. The molecule has 0 aliphatic carbocycles. The van der Waals surface area contributed by atoms with E-state index in [1.807, 2.05) is 54.6 Å². The normalized spacial score (nSPS) is 14.6. The van der Waals surface area contributed by atoms with Gasteiger partial charge in [0.2, 0.25) is 15.9 Å². The van der Waals surface area contributed by atoms with Crippen molar-refractivity contribution in [1.29, 1.82) is 0 Å². The molecule has 1 aliphatic heterocycles. The van der Waals surface area contributed by atoms with Crippen molar-refractivity contribution in [2.45, 2.75) is 30.6 Å². The fourth-order valence-corrected chi connectivity index (χ4v) is 5.74. The Morgan fingerprint density at radius 3 is 2.24 bits per heavy atom. The fraction of sp³-hybridized carbons (Fsp3) is 0.269. The van der Waals surface area contributed by atoms with Crippen LogP contribution in [0.25, 0.3) is 11.1 Å². The number of anilines is 1. The summed E-state index contributed by atoms with van der Waals surface area (Å²) in [6.45, 7) is 1.00. The van der Waals surface area contributed by atoms with E-state index in [2.05, 4.69) is 5.32 Å². The van der Waals surface area contributed by atoms with Crippen molar-refractivity contribution in [2.24, 2.45) is 0 Å². The third-order valence-corrected chi connectivity index (χ3v) is 7.73. The third-order valence-electron chi connectivity index (χ3n) is 5.81. The molecule has 1 aliphatic rings. The number of nitrogens with zero attached hydrogens (tertiary/aromatic N) is 1. The first-order valence-corrected chi connectivity index (χ1v) is 12.5. The maximum Gasteiger partial charge on any atom is 0.246 e. The van der Waals surface area contributed by atoms with Crippen LogP contribution < -0.4 is 10.1 Å². The molecule has 0 unspecified atom stereocenters. The van der Waals surface area contributed by atoms with Gasteiger partial charge in [-0.1, -0.05) is 61.0 Å². The van der Waals surface area contributed by atoms with Crippen LogP contribution in [0.2, 0.25) is 0 Å². The molecule has 3 aromatic rings. The van der Waals surface area contributed by atoms with E-state index in [1.54, 1.807) is 12.1 Å². The topological polar surface area (TPSA) is 75.7 Å². The SMILES string of the molecule is COc1ccc(NC(=O)Cc2ccc(-c3ccccc3)cc2)cc1S(=O)(=O)N1CCCCC1. The van der Waals surface area contributed by atoms with Gasteiger partial charge in [0.1, 0.15) is 10.6 Å². The summed E-state index contributed by atoms with van der Waals surface area (Å²) in [6.07, 6.45) is 2.92. The van der Waals surface area contributed by atoms with Crippen LogP contribution in [-0.4, -0.2) is 38.8 Å². The first kappa shape index (κ1) is 23.0. The summed E-state index contributed by atoms with van der Waals surface area (Å²) < 4.78 is 33.2. The number of amides is 1. The second-order valence-electron chi connectivity index (χ2n) is 8.12. The lowest BCUT2D eigenvalue weighted by molar-refractivity contribution is -0.115. The monoisotopic (exact) mass is 464 g/mol. The summed E-state index contributed by atoms with van der Waals surface area (Å²) in [5.41, 5.74) is 3.51. The van der Waals surface area contributed by atoms with E-state index in [0.29, 0.717) is 18.8 Å². The maximum absolute atomic E-state index is 13.2. The highest BCUT2D eigenvalue weighted by Crippen LogP contribution is 2.31. The minimum Gasteiger partial charge on any atom is -0.495 e. The molecule has 1 saturated heterocycles. The standard InChI is InChI=1S/C26H28N2O4S/c1-32-24-15-14-23(19-25(24)33(30,31)28-16-6-3-7-17-28)27-26(29)18-20-10-12-22(13-11-20)21-8-4-2-5-9-21/h2,4-5,8-15,19H,3,6-7,16-18H2,1H3,(H,27,29). The zero-order valence-electron chi connectivity index (χ0n) is 18.7. The predicted molar refractivity (Wildman–Crippen MR) is 130 cm³/mol. The Morgan fingerprint density at radius 1 is 0.909 bits per heavy atom. The number of piperidine rings is 1. The molecule has 7 heteroatoms. The van der Waals surface area contributed by atoms with E-state index in [0.717, 1.165) is 36.0 Å². The van der Waals surface area contributed by atoms with Crippen LogP contribution in [0.3, 0.4) is 0 Å². The van der Waals surface area contributed by atoms with E-state index in [4.69, 9.17) is 4.74 Å². The number of hydrogen-bond donors (Lipinski definition) is 1. The number of carbonyl (C=O) groups is 1. The quantitative estimate of drug-likeness (QED) is 0.549. The van der Waals surface area contributed by atoms with Gasteiger partial charge in [0.15, 0.2) is 0 Å². The van der Waals surface area contributed by atoms with Gasteiger partial charge in [-0.05, 0) is 47.7 Å². The lowest BCUT2D eigenvalue weighted by Crippen LogP contribution is -2.35. The lowest BCUT2D eigenvalue weighted by Gasteiger charge is -2.26. The smallest absolute Gasteiger partial charge is 0.246 e. The first-order chi connectivity index (χ1) is 16.0. The lowest BCUT2D eigenvalue weighted by atomic mass is 10.0. The van der Waals surface area contributed by atoms with Crippen LogP contribution in [-0.2, 0) is 21.2 Å². The van der Waals surface area contributed by atoms with Crippen molar-refractivity contribution >= 4 is 21.6 Å². The Bertz CT molecular complexity index is 1200. The number of rotatable bonds is 7. The predicted octanol–water partition coefficient (Wildman–Crippen LogP) is 4.72. The number of benzene rings is 3. The average Bonchev–Trinajstić information content (AvgIpc) is 2.85. The Morgan fingerprint density at radius 2 is 1.58 bits per heavy atom. The average molecular weight is 465 g/mol. The highest BCUT2D eigenvalue weighted by atomic mass is 32.2. The van der Waals surface area contributed by atoms with Crippen molar-refractivity contribution in [3.8, 4) is 16.9 Å². The minimum atomic E-state index is -3.70. The molecular weight excluding hydrogens is 436 g/mol. The molecular formula is C26H28N2O4S. The van der Waals surface area contributed by atoms with Gasteiger partial charge in [0.25, 0.3) is 0 Å². The van der Waals surface area contributed by atoms with Crippen LogP contribution in [0.15, 0.2) is 77.7 Å². The number of nitrogens with one attached hydrogen (secondary N) is 1. The molecule has 33 heavy (non-hydrogen) atoms. The number of sulfonamides is 1. The zero-order valence-corrected chi connectivity index (χ0v) is 19.5. The van der Waals surface area contributed by atoms with Gasteiger partial charge in [-0.3, -0.25) is 4.79 Å². The molecule has 1 N–H and O–H groups in total. The molecule has 6 nitrogen and oxygen atoms in total. The van der Waals surface area contributed by atoms with E-state index in [-0.39, 0.29) is 23.0 Å². The van der Waals surface area contributed by atoms with Crippen molar-refractivity contribution in [1.82, 2.24) is 4.31 Å². The maximum atomic E-state index is 13.2. The summed E-state index contributed by atoms with van der Waals surface area (Å²) >= 11 is 0. The molecule has 0 radical (unpaired) electrons. The van der Waals surface area contributed by atoms with Gasteiger partial charge in [-0.25, -0.2) is 8.42 Å². The summed E-state index contributed by atoms with van der Waals surface area (Å²) in [5.74, 6) is 0.0593. The zero-order chi connectivity index (χ0) is 23.3. The van der Waals surface area contributed by atoms with Gasteiger partial charge in [0, 0.05) is 18.8 Å². The Balaban J connectivity index is 1.47. The molecule has 172 valence electrons. The molecule has 4 rings (SSSR count). The summed E-state index contributed by atoms with van der Waals surface area (Å²) in [7, 11) is -2.25. The molecule has 0 saturated carbocycles. The van der Waals surface area contributed by atoms with Crippen LogP contribution >= 0.6 is 0 Å². The van der Waals surface area contributed by atoms with Gasteiger partial charge < -0.3 is 10.1 Å². The van der Waals surface area contributed by atoms with Gasteiger partial charge >= 0.3 is 0 Å². The second-order valence-corrected chi connectivity index (χ2v) is 10.0. The molecule has 0 bridgehead atoms. The van der Waals surface area contributed by atoms with Crippen LogP contribution in [0.4, 0.5) is 5.69 Å². The molecule has 0 spiro atoms.